The molecule has 1 amide bonds. The predicted octanol–water partition coefficient (Wildman–Crippen LogP) is 2.12. The van der Waals surface area contributed by atoms with Crippen LogP contribution in [-0.2, 0) is 0 Å². The van der Waals surface area contributed by atoms with Crippen molar-refractivity contribution in [2.75, 3.05) is 13.2 Å². The minimum absolute atomic E-state index is 0.0269. The number of carbonyl (C=O) groups is 1. The van der Waals surface area contributed by atoms with Crippen molar-refractivity contribution in [3.63, 3.8) is 0 Å². The van der Waals surface area contributed by atoms with E-state index in [4.69, 9.17) is 16.7 Å². The summed E-state index contributed by atoms with van der Waals surface area (Å²) in [6.07, 6.45) is 5.23. The van der Waals surface area contributed by atoms with Gasteiger partial charge in [0.2, 0.25) is 0 Å². The summed E-state index contributed by atoms with van der Waals surface area (Å²) >= 11 is 6.13. The van der Waals surface area contributed by atoms with E-state index in [1.165, 1.54) is 0 Å². The second-order valence-corrected chi connectivity index (χ2v) is 5.49. The highest BCUT2D eigenvalue weighted by atomic mass is 35.5. The Bertz CT molecular complexity index is 652. The van der Waals surface area contributed by atoms with E-state index >= 15 is 0 Å². The number of carbonyl (C=O) groups excluding carboxylic acids is 1. The Morgan fingerprint density at radius 1 is 1.43 bits per heavy atom. The van der Waals surface area contributed by atoms with Gasteiger partial charge in [-0.05, 0) is 25.0 Å². The lowest BCUT2D eigenvalue weighted by molar-refractivity contribution is 0.0707. The predicted molar refractivity (Wildman–Crippen MR) is 79.7 cm³/mol. The van der Waals surface area contributed by atoms with Gasteiger partial charge in [-0.1, -0.05) is 23.7 Å². The fraction of sp³-hybridized carbons (Fsp3) is 0.333. The zero-order chi connectivity index (χ0) is 14.8. The summed E-state index contributed by atoms with van der Waals surface area (Å²) in [5.41, 5.74) is 1.24. The van der Waals surface area contributed by atoms with E-state index in [1.54, 1.807) is 28.0 Å². The van der Waals surface area contributed by atoms with Crippen LogP contribution in [0.5, 0.6) is 0 Å². The Morgan fingerprint density at radius 2 is 2.19 bits per heavy atom. The second-order valence-electron chi connectivity index (χ2n) is 5.08. The number of aliphatic hydroxyl groups is 1. The number of hydrogen-bond acceptors (Lipinski definition) is 3. The van der Waals surface area contributed by atoms with Gasteiger partial charge < -0.3 is 10.0 Å². The van der Waals surface area contributed by atoms with Crippen molar-refractivity contribution in [3.8, 4) is 5.69 Å². The number of para-hydroxylation sites is 1. The second kappa shape index (κ2) is 5.87. The maximum absolute atomic E-state index is 12.5. The summed E-state index contributed by atoms with van der Waals surface area (Å²) in [7, 11) is 0. The van der Waals surface area contributed by atoms with Gasteiger partial charge in [-0.15, -0.1) is 0 Å². The first-order chi connectivity index (χ1) is 10.2. The van der Waals surface area contributed by atoms with E-state index in [0.29, 0.717) is 17.1 Å². The Balaban J connectivity index is 1.84. The van der Waals surface area contributed by atoms with Crippen LogP contribution in [-0.4, -0.2) is 44.9 Å². The van der Waals surface area contributed by atoms with E-state index in [-0.39, 0.29) is 18.6 Å². The van der Waals surface area contributed by atoms with Gasteiger partial charge in [-0.25, -0.2) is 4.68 Å². The van der Waals surface area contributed by atoms with Gasteiger partial charge in [0.25, 0.3) is 5.91 Å². The summed E-state index contributed by atoms with van der Waals surface area (Å²) in [6.45, 7) is 0.335. The number of benzene rings is 1. The Labute approximate surface area is 127 Å². The molecule has 1 heterocycles. The molecule has 6 heteroatoms. The highest BCUT2D eigenvalue weighted by molar-refractivity contribution is 6.32. The van der Waals surface area contributed by atoms with E-state index in [1.807, 2.05) is 18.2 Å². The van der Waals surface area contributed by atoms with Crippen LogP contribution in [0.3, 0.4) is 0 Å². The fourth-order valence-corrected chi connectivity index (χ4v) is 2.53. The van der Waals surface area contributed by atoms with Crippen LogP contribution in [0, 0.1) is 0 Å². The lowest BCUT2D eigenvalue weighted by atomic mass is 10.3. The zero-order valence-electron chi connectivity index (χ0n) is 11.4. The van der Waals surface area contributed by atoms with Crippen LogP contribution in [0.15, 0.2) is 36.7 Å². The Morgan fingerprint density at radius 3 is 2.86 bits per heavy atom. The molecule has 0 atom stereocenters. The topological polar surface area (TPSA) is 58.4 Å². The molecular formula is C15H16ClN3O2. The monoisotopic (exact) mass is 305 g/mol. The molecule has 0 bridgehead atoms. The molecule has 1 fully saturated rings. The van der Waals surface area contributed by atoms with Crippen molar-refractivity contribution >= 4 is 17.5 Å². The van der Waals surface area contributed by atoms with Crippen molar-refractivity contribution in [2.45, 2.75) is 18.9 Å². The van der Waals surface area contributed by atoms with E-state index in [0.717, 1.165) is 18.5 Å². The van der Waals surface area contributed by atoms with Crippen molar-refractivity contribution < 1.29 is 9.90 Å². The van der Waals surface area contributed by atoms with Crippen molar-refractivity contribution in [1.82, 2.24) is 14.7 Å². The number of rotatable bonds is 5. The third-order valence-corrected chi connectivity index (χ3v) is 3.84. The van der Waals surface area contributed by atoms with Crippen molar-refractivity contribution in [2.24, 2.45) is 0 Å². The summed E-state index contributed by atoms with van der Waals surface area (Å²) in [5, 5.41) is 13.9. The number of halogens is 1. The quantitative estimate of drug-likeness (QED) is 0.920. The minimum atomic E-state index is -0.0927. The van der Waals surface area contributed by atoms with Crippen LogP contribution >= 0.6 is 11.6 Å². The van der Waals surface area contributed by atoms with Crippen LogP contribution in [0.1, 0.15) is 23.2 Å². The van der Waals surface area contributed by atoms with Crippen LogP contribution in [0.4, 0.5) is 0 Å². The first kappa shape index (κ1) is 14.1. The van der Waals surface area contributed by atoms with Crippen LogP contribution in [0.2, 0.25) is 5.02 Å². The summed E-state index contributed by atoms with van der Waals surface area (Å²) in [4.78, 5) is 14.2. The third kappa shape index (κ3) is 2.94. The lowest BCUT2D eigenvalue weighted by Gasteiger charge is -2.20. The average molecular weight is 306 g/mol. The van der Waals surface area contributed by atoms with Crippen LogP contribution in [0.25, 0.3) is 5.69 Å². The molecular weight excluding hydrogens is 290 g/mol. The summed E-state index contributed by atoms with van der Waals surface area (Å²) in [6, 6.07) is 7.59. The molecule has 0 radical (unpaired) electrons. The maximum Gasteiger partial charge on any atom is 0.257 e. The first-order valence-corrected chi connectivity index (χ1v) is 7.30. The Kier molecular flexibility index (Phi) is 3.94. The fourth-order valence-electron chi connectivity index (χ4n) is 2.31. The largest absolute Gasteiger partial charge is 0.395 e. The number of nitrogens with zero attached hydrogens (tertiary/aromatic N) is 3. The van der Waals surface area contributed by atoms with E-state index in [2.05, 4.69) is 5.10 Å². The van der Waals surface area contributed by atoms with Gasteiger partial charge in [0, 0.05) is 18.8 Å². The molecule has 3 rings (SSSR count). The molecule has 2 aromatic rings. The molecule has 110 valence electrons. The standard InChI is InChI=1S/C15H16ClN3O2/c16-13-3-1-2-4-14(13)19-10-11(9-17-19)15(21)18(7-8-20)12-5-6-12/h1-4,9-10,12,20H,5-8H2. The zero-order valence-corrected chi connectivity index (χ0v) is 12.2. The Hall–Kier alpha value is -1.85. The summed E-state index contributed by atoms with van der Waals surface area (Å²) < 4.78 is 1.60. The molecule has 1 aliphatic carbocycles. The van der Waals surface area contributed by atoms with E-state index in [9.17, 15) is 4.79 Å². The minimum Gasteiger partial charge on any atom is -0.395 e. The first-order valence-electron chi connectivity index (χ1n) is 6.92. The third-order valence-electron chi connectivity index (χ3n) is 3.52. The molecule has 5 nitrogen and oxygen atoms in total. The van der Waals surface area contributed by atoms with Crippen LogP contribution < -0.4 is 0 Å². The van der Waals surface area contributed by atoms with Gasteiger partial charge in [0.15, 0.2) is 0 Å². The molecule has 0 saturated heterocycles. The van der Waals surface area contributed by atoms with Gasteiger partial charge in [0.1, 0.15) is 0 Å². The number of amides is 1. The number of aliphatic hydroxyl groups excluding tert-OH is 1. The van der Waals surface area contributed by atoms with Crippen molar-refractivity contribution in [3.05, 3.63) is 47.2 Å². The molecule has 1 aromatic heterocycles. The molecule has 1 aromatic carbocycles. The van der Waals surface area contributed by atoms with Gasteiger partial charge >= 0.3 is 0 Å². The van der Waals surface area contributed by atoms with E-state index < -0.39 is 0 Å². The highest BCUT2D eigenvalue weighted by Gasteiger charge is 2.33. The van der Waals surface area contributed by atoms with Gasteiger partial charge in [0.05, 0.1) is 29.1 Å². The normalized spacial score (nSPS) is 14.2. The molecule has 1 aliphatic rings. The molecule has 0 aliphatic heterocycles. The molecule has 1 N–H and O–H groups in total. The maximum atomic E-state index is 12.5. The highest BCUT2D eigenvalue weighted by Crippen LogP contribution is 2.28. The number of hydrogen-bond donors (Lipinski definition) is 1. The van der Waals surface area contributed by atoms with Crippen molar-refractivity contribution in [1.29, 1.82) is 0 Å². The molecule has 1 saturated carbocycles. The number of aromatic nitrogens is 2. The summed E-state index contributed by atoms with van der Waals surface area (Å²) in [5.74, 6) is -0.0927. The SMILES string of the molecule is O=C(c1cnn(-c2ccccc2Cl)c1)N(CCO)C1CC1. The lowest BCUT2D eigenvalue weighted by Crippen LogP contribution is -2.35. The molecule has 21 heavy (non-hydrogen) atoms. The smallest absolute Gasteiger partial charge is 0.257 e. The molecule has 0 unspecified atom stereocenters. The molecule has 0 spiro atoms. The van der Waals surface area contributed by atoms with Gasteiger partial charge in [-0.2, -0.15) is 5.10 Å². The average Bonchev–Trinajstić information content (AvgIpc) is 3.21. The van der Waals surface area contributed by atoms with Gasteiger partial charge in [-0.3, -0.25) is 4.79 Å².